The highest BCUT2D eigenvalue weighted by atomic mass is 16.3. The van der Waals surface area contributed by atoms with E-state index < -0.39 is 0 Å². The van der Waals surface area contributed by atoms with E-state index in [1.807, 2.05) is 6.92 Å². The molecule has 2 rings (SSSR count). The molecule has 0 saturated heterocycles. The Balaban J connectivity index is 2.10. The van der Waals surface area contributed by atoms with Crippen molar-refractivity contribution in [1.82, 2.24) is 0 Å². The first-order chi connectivity index (χ1) is 11.9. The fraction of sp³-hybridized carbons (Fsp3) is 1.00. The summed E-state index contributed by atoms with van der Waals surface area (Å²) in [4.78, 5) is 0. The Hall–Kier alpha value is -0.0400. The smallest absolute Gasteiger partial charge is 0.0565 e. The molecule has 154 valence electrons. The fourth-order valence-electron chi connectivity index (χ4n) is 6.60. The first-order valence-corrected chi connectivity index (χ1v) is 11.6. The van der Waals surface area contributed by atoms with Crippen LogP contribution in [0.15, 0.2) is 0 Å². The largest absolute Gasteiger partial charge is 0.393 e. The molecule has 6 atom stereocenters. The summed E-state index contributed by atoms with van der Waals surface area (Å²) in [5.74, 6) is 1.78. The van der Waals surface area contributed by atoms with Crippen molar-refractivity contribution < 1.29 is 5.11 Å². The topological polar surface area (TPSA) is 20.2 Å². The summed E-state index contributed by atoms with van der Waals surface area (Å²) in [6.45, 7) is 19.2. The van der Waals surface area contributed by atoms with Gasteiger partial charge in [0.2, 0.25) is 0 Å². The van der Waals surface area contributed by atoms with Crippen LogP contribution in [-0.4, -0.2) is 11.2 Å². The van der Waals surface area contributed by atoms with Crippen molar-refractivity contribution in [3.05, 3.63) is 0 Å². The first-order valence-electron chi connectivity index (χ1n) is 11.6. The third kappa shape index (κ3) is 4.34. The zero-order chi connectivity index (χ0) is 19.8. The van der Waals surface area contributed by atoms with Gasteiger partial charge in [0.1, 0.15) is 0 Å². The lowest BCUT2D eigenvalue weighted by molar-refractivity contribution is -0.0976. The van der Waals surface area contributed by atoms with Crippen molar-refractivity contribution >= 4 is 0 Å². The van der Waals surface area contributed by atoms with Crippen LogP contribution in [-0.2, 0) is 0 Å². The minimum Gasteiger partial charge on any atom is -0.393 e. The number of aliphatic hydroxyl groups excluding tert-OH is 1. The minimum absolute atomic E-state index is 0.0914. The van der Waals surface area contributed by atoms with Crippen molar-refractivity contribution in [3.8, 4) is 0 Å². The Bertz CT molecular complexity index is 467. The second-order valence-electron chi connectivity index (χ2n) is 11.8. The molecule has 0 aliphatic heterocycles. The molecule has 2 fully saturated rings. The van der Waals surface area contributed by atoms with Crippen LogP contribution >= 0.6 is 0 Å². The molecule has 0 aromatic rings. The zero-order valence-electron chi connectivity index (χ0n) is 19.3. The predicted molar refractivity (Wildman–Crippen MR) is 114 cm³/mol. The van der Waals surface area contributed by atoms with Crippen LogP contribution in [0.3, 0.4) is 0 Å². The van der Waals surface area contributed by atoms with Crippen molar-refractivity contribution in [2.24, 2.45) is 33.5 Å². The van der Waals surface area contributed by atoms with Gasteiger partial charge >= 0.3 is 0 Å². The van der Waals surface area contributed by atoms with Crippen molar-refractivity contribution in [3.63, 3.8) is 0 Å². The standard InChI is InChI=1S/C25H48O/c1-9-20-21-18-22(4,5)14-15-25(21,8)17-16-24(20,7)13-11-12-23(6,10-2)19(3)26/h19-21,26H,9-18H2,1-8H3/t19?,20?,21-,23-,24-,25+/m0/s1. The first kappa shape index (κ1) is 22.3. The van der Waals surface area contributed by atoms with Crippen LogP contribution in [0.1, 0.15) is 120 Å². The molecule has 2 unspecified atom stereocenters. The molecular formula is C25H48O. The number of hydrogen-bond acceptors (Lipinski definition) is 1. The van der Waals surface area contributed by atoms with E-state index in [2.05, 4.69) is 48.5 Å². The van der Waals surface area contributed by atoms with Crippen LogP contribution in [0, 0.1) is 33.5 Å². The van der Waals surface area contributed by atoms with Gasteiger partial charge in [-0.15, -0.1) is 0 Å². The average Bonchev–Trinajstić information content (AvgIpc) is 2.56. The lowest BCUT2D eigenvalue weighted by atomic mass is 9.45. The van der Waals surface area contributed by atoms with Gasteiger partial charge < -0.3 is 5.11 Å². The Kier molecular flexibility index (Phi) is 6.64. The normalized spacial score (nSPS) is 40.5. The maximum Gasteiger partial charge on any atom is 0.0565 e. The van der Waals surface area contributed by atoms with Gasteiger partial charge in [0.25, 0.3) is 0 Å². The van der Waals surface area contributed by atoms with Gasteiger partial charge in [0.15, 0.2) is 0 Å². The third-order valence-corrected chi connectivity index (χ3v) is 9.44. The third-order valence-electron chi connectivity index (χ3n) is 9.44. The average molecular weight is 365 g/mol. The van der Waals surface area contributed by atoms with Gasteiger partial charge in [-0.2, -0.15) is 0 Å². The second-order valence-corrected chi connectivity index (χ2v) is 11.8. The molecule has 0 amide bonds. The van der Waals surface area contributed by atoms with Crippen LogP contribution in [0.4, 0.5) is 0 Å². The molecule has 0 spiro atoms. The van der Waals surface area contributed by atoms with E-state index in [1.165, 1.54) is 57.8 Å². The van der Waals surface area contributed by atoms with Crippen molar-refractivity contribution in [2.45, 2.75) is 126 Å². The summed E-state index contributed by atoms with van der Waals surface area (Å²) >= 11 is 0. The van der Waals surface area contributed by atoms with E-state index in [4.69, 9.17) is 0 Å². The van der Waals surface area contributed by atoms with E-state index in [0.717, 1.165) is 18.3 Å². The molecule has 1 nitrogen and oxygen atoms in total. The summed E-state index contributed by atoms with van der Waals surface area (Å²) in [6.07, 6.45) is 13.1. The molecule has 1 heteroatoms. The number of rotatable bonds is 7. The van der Waals surface area contributed by atoms with E-state index in [9.17, 15) is 5.11 Å². The van der Waals surface area contributed by atoms with Crippen LogP contribution in [0.25, 0.3) is 0 Å². The molecule has 26 heavy (non-hydrogen) atoms. The lowest BCUT2D eigenvalue weighted by Crippen LogP contribution is -2.50. The van der Waals surface area contributed by atoms with Gasteiger partial charge in [-0.05, 0) is 91.8 Å². The number of hydrogen-bond donors (Lipinski definition) is 1. The van der Waals surface area contributed by atoms with E-state index in [1.54, 1.807) is 0 Å². The highest BCUT2D eigenvalue weighted by Crippen LogP contribution is 2.63. The molecule has 0 aromatic carbocycles. The maximum absolute atomic E-state index is 10.2. The fourth-order valence-corrected chi connectivity index (χ4v) is 6.60. The van der Waals surface area contributed by atoms with Gasteiger partial charge in [0, 0.05) is 0 Å². The molecule has 2 saturated carbocycles. The van der Waals surface area contributed by atoms with Gasteiger partial charge in [-0.25, -0.2) is 0 Å². The monoisotopic (exact) mass is 364 g/mol. The Labute approximate surface area is 164 Å². The molecule has 2 aliphatic rings. The summed E-state index contributed by atoms with van der Waals surface area (Å²) < 4.78 is 0. The summed E-state index contributed by atoms with van der Waals surface area (Å²) in [5, 5.41) is 10.2. The SMILES string of the molecule is CCC1[C@@H]2CC(C)(C)CC[C@]2(C)CC[C@]1(C)CCC[C@](C)(CC)C(C)O. The van der Waals surface area contributed by atoms with E-state index in [-0.39, 0.29) is 11.5 Å². The molecular weight excluding hydrogens is 316 g/mol. The number of aliphatic hydroxyl groups is 1. The summed E-state index contributed by atoms with van der Waals surface area (Å²) in [6, 6.07) is 0. The van der Waals surface area contributed by atoms with Gasteiger partial charge in [-0.3, -0.25) is 0 Å². The van der Waals surface area contributed by atoms with Crippen molar-refractivity contribution in [1.29, 1.82) is 0 Å². The minimum atomic E-state index is -0.198. The highest BCUT2D eigenvalue weighted by molar-refractivity contribution is 5.03. The van der Waals surface area contributed by atoms with Crippen LogP contribution in [0.2, 0.25) is 0 Å². The van der Waals surface area contributed by atoms with E-state index >= 15 is 0 Å². The molecule has 1 N–H and O–H groups in total. The maximum atomic E-state index is 10.2. The summed E-state index contributed by atoms with van der Waals surface area (Å²) in [7, 11) is 0. The molecule has 2 aliphatic carbocycles. The Morgan fingerprint density at radius 1 is 1.04 bits per heavy atom. The molecule has 0 bridgehead atoms. The zero-order valence-corrected chi connectivity index (χ0v) is 19.3. The van der Waals surface area contributed by atoms with Gasteiger partial charge in [0.05, 0.1) is 6.10 Å². The summed E-state index contributed by atoms with van der Waals surface area (Å²) in [5.41, 5.74) is 1.71. The molecule has 0 aromatic heterocycles. The molecule has 0 radical (unpaired) electrons. The number of fused-ring (bicyclic) bond motifs is 1. The Morgan fingerprint density at radius 3 is 2.19 bits per heavy atom. The van der Waals surface area contributed by atoms with Crippen molar-refractivity contribution in [2.75, 3.05) is 0 Å². The van der Waals surface area contributed by atoms with Crippen LogP contribution < -0.4 is 0 Å². The van der Waals surface area contributed by atoms with E-state index in [0.29, 0.717) is 16.2 Å². The second kappa shape index (κ2) is 7.76. The highest BCUT2D eigenvalue weighted by Gasteiger charge is 2.53. The lowest BCUT2D eigenvalue weighted by Gasteiger charge is -2.60. The Morgan fingerprint density at radius 2 is 1.65 bits per heavy atom. The van der Waals surface area contributed by atoms with Gasteiger partial charge in [-0.1, -0.05) is 61.3 Å². The quantitative estimate of drug-likeness (QED) is 0.492. The van der Waals surface area contributed by atoms with Crippen LogP contribution in [0.5, 0.6) is 0 Å². The predicted octanol–water partition coefficient (Wildman–Crippen LogP) is 7.61. The molecule has 0 heterocycles.